The molecule has 1 aliphatic heterocycles. The third-order valence-corrected chi connectivity index (χ3v) is 6.25. The maximum Gasteiger partial charge on any atom is 0.323 e. The van der Waals surface area contributed by atoms with Crippen LogP contribution in [-0.2, 0) is 21.4 Å². The standard InChI is InChI=1S/C20H19NO7S/c1-3-4-17(20(22)23)21(12-14-5-10-18-19(11-14)28-13-27-18)29(24,25)16-8-6-15(26-2)7-9-16/h1,5-11,17H,4,12-13H2,2H3,(H,22,23)/t17-/m1/s1. The number of aliphatic carboxylic acids is 1. The molecule has 1 aliphatic rings. The summed E-state index contributed by atoms with van der Waals surface area (Å²) in [5.41, 5.74) is 0.537. The van der Waals surface area contributed by atoms with Crippen LogP contribution < -0.4 is 14.2 Å². The van der Waals surface area contributed by atoms with Gasteiger partial charge in [-0.25, -0.2) is 8.42 Å². The first kappa shape index (κ1) is 20.5. The summed E-state index contributed by atoms with van der Waals surface area (Å²) in [6.07, 6.45) is 5.02. The van der Waals surface area contributed by atoms with Crippen molar-refractivity contribution in [2.75, 3.05) is 13.9 Å². The number of nitrogens with zero attached hydrogens (tertiary/aromatic N) is 1. The predicted octanol–water partition coefficient (Wildman–Crippen LogP) is 2.09. The van der Waals surface area contributed by atoms with E-state index in [0.29, 0.717) is 22.8 Å². The molecule has 8 nitrogen and oxygen atoms in total. The summed E-state index contributed by atoms with van der Waals surface area (Å²) in [7, 11) is -2.71. The Labute approximate surface area is 168 Å². The van der Waals surface area contributed by atoms with Gasteiger partial charge in [0.05, 0.1) is 12.0 Å². The van der Waals surface area contributed by atoms with Gasteiger partial charge >= 0.3 is 5.97 Å². The lowest BCUT2D eigenvalue weighted by Crippen LogP contribution is -2.44. The number of hydrogen-bond donors (Lipinski definition) is 1. The summed E-state index contributed by atoms with van der Waals surface area (Å²) in [5, 5.41) is 9.63. The number of ether oxygens (including phenoxy) is 3. The van der Waals surface area contributed by atoms with Crippen LogP contribution in [0, 0.1) is 12.3 Å². The van der Waals surface area contributed by atoms with Gasteiger partial charge in [0.15, 0.2) is 11.5 Å². The van der Waals surface area contributed by atoms with Crippen LogP contribution in [0.1, 0.15) is 12.0 Å². The molecule has 0 fully saturated rings. The highest BCUT2D eigenvalue weighted by molar-refractivity contribution is 7.89. The fourth-order valence-corrected chi connectivity index (χ4v) is 4.46. The molecular formula is C20H19NO7S. The monoisotopic (exact) mass is 417 g/mol. The molecule has 0 unspecified atom stereocenters. The number of benzene rings is 2. The molecular weight excluding hydrogens is 398 g/mol. The minimum Gasteiger partial charge on any atom is -0.497 e. The van der Waals surface area contributed by atoms with E-state index < -0.39 is 22.0 Å². The lowest BCUT2D eigenvalue weighted by Gasteiger charge is -2.27. The van der Waals surface area contributed by atoms with Crippen molar-refractivity contribution in [3.05, 3.63) is 48.0 Å². The van der Waals surface area contributed by atoms with Crippen molar-refractivity contribution in [2.24, 2.45) is 0 Å². The molecule has 0 amide bonds. The SMILES string of the molecule is C#CC[C@H](C(=O)O)N(Cc1ccc2c(c1)OCO2)S(=O)(=O)c1ccc(OC)cc1. The zero-order valence-corrected chi connectivity index (χ0v) is 16.4. The first-order chi connectivity index (χ1) is 13.9. The van der Waals surface area contributed by atoms with Gasteiger partial charge in [-0.05, 0) is 42.0 Å². The summed E-state index contributed by atoms with van der Waals surface area (Å²) >= 11 is 0. The number of carbonyl (C=O) groups is 1. The topological polar surface area (TPSA) is 102 Å². The lowest BCUT2D eigenvalue weighted by atomic mass is 10.1. The first-order valence-corrected chi connectivity index (χ1v) is 10.0. The highest BCUT2D eigenvalue weighted by atomic mass is 32.2. The smallest absolute Gasteiger partial charge is 0.323 e. The zero-order valence-electron chi connectivity index (χ0n) is 15.6. The molecule has 0 bridgehead atoms. The molecule has 0 radical (unpaired) electrons. The molecule has 152 valence electrons. The summed E-state index contributed by atoms with van der Waals surface area (Å²) in [6.45, 7) is -0.134. The first-order valence-electron chi connectivity index (χ1n) is 8.57. The third-order valence-electron chi connectivity index (χ3n) is 4.39. The van der Waals surface area contributed by atoms with Crippen LogP contribution in [0.25, 0.3) is 0 Å². The van der Waals surface area contributed by atoms with Crippen molar-refractivity contribution in [3.63, 3.8) is 0 Å². The maximum absolute atomic E-state index is 13.3. The molecule has 29 heavy (non-hydrogen) atoms. The van der Waals surface area contributed by atoms with Gasteiger partial charge in [-0.3, -0.25) is 4.79 Å². The van der Waals surface area contributed by atoms with E-state index in [0.717, 1.165) is 4.31 Å². The normalized spacial score (nSPS) is 13.7. The van der Waals surface area contributed by atoms with E-state index in [1.807, 2.05) is 0 Å². The quantitative estimate of drug-likeness (QED) is 0.656. The molecule has 0 saturated heterocycles. The molecule has 0 aliphatic carbocycles. The molecule has 1 atom stereocenters. The van der Waals surface area contributed by atoms with Gasteiger partial charge in [-0.1, -0.05) is 6.07 Å². The Balaban J connectivity index is 2.01. The molecule has 3 rings (SSSR count). The van der Waals surface area contributed by atoms with Crippen molar-refractivity contribution in [3.8, 4) is 29.6 Å². The van der Waals surface area contributed by atoms with Gasteiger partial charge in [-0.15, -0.1) is 12.3 Å². The molecule has 1 N–H and O–H groups in total. The molecule has 1 heterocycles. The van der Waals surface area contributed by atoms with Gasteiger partial charge in [-0.2, -0.15) is 4.31 Å². The van der Waals surface area contributed by atoms with Gasteiger partial charge in [0, 0.05) is 13.0 Å². The van der Waals surface area contributed by atoms with Crippen LogP contribution >= 0.6 is 0 Å². The van der Waals surface area contributed by atoms with E-state index in [4.69, 9.17) is 20.6 Å². The second-order valence-corrected chi connectivity index (χ2v) is 8.07. The van der Waals surface area contributed by atoms with Crippen molar-refractivity contribution >= 4 is 16.0 Å². The average Bonchev–Trinajstić information content (AvgIpc) is 3.18. The Morgan fingerprint density at radius 3 is 2.55 bits per heavy atom. The number of terminal acetylenes is 1. The van der Waals surface area contributed by atoms with Crippen molar-refractivity contribution in [2.45, 2.75) is 23.9 Å². The van der Waals surface area contributed by atoms with Crippen LogP contribution in [0.2, 0.25) is 0 Å². The number of carboxylic acids is 1. The molecule has 2 aromatic rings. The van der Waals surface area contributed by atoms with Gasteiger partial charge < -0.3 is 19.3 Å². The molecule has 0 aromatic heterocycles. The zero-order chi connectivity index (χ0) is 21.0. The van der Waals surface area contributed by atoms with Crippen molar-refractivity contribution in [1.82, 2.24) is 4.31 Å². The average molecular weight is 417 g/mol. The Hall–Kier alpha value is -3.22. The van der Waals surface area contributed by atoms with Gasteiger partial charge in [0.25, 0.3) is 0 Å². The van der Waals surface area contributed by atoms with E-state index in [1.54, 1.807) is 18.2 Å². The summed E-state index contributed by atoms with van der Waals surface area (Å²) in [6, 6.07) is 9.17. The lowest BCUT2D eigenvalue weighted by molar-refractivity contribution is -0.141. The number of carboxylic acid groups (broad SMARTS) is 1. The largest absolute Gasteiger partial charge is 0.497 e. The number of rotatable bonds is 8. The highest BCUT2D eigenvalue weighted by Gasteiger charge is 2.36. The van der Waals surface area contributed by atoms with Crippen LogP contribution in [0.5, 0.6) is 17.2 Å². The van der Waals surface area contributed by atoms with E-state index in [2.05, 4.69) is 5.92 Å². The summed E-state index contributed by atoms with van der Waals surface area (Å²) in [4.78, 5) is 11.8. The Kier molecular flexibility index (Phi) is 5.96. The maximum atomic E-state index is 13.3. The van der Waals surface area contributed by atoms with Gasteiger partial charge in [0.2, 0.25) is 16.8 Å². The minimum atomic E-state index is -4.18. The van der Waals surface area contributed by atoms with E-state index >= 15 is 0 Å². The second-order valence-electron chi connectivity index (χ2n) is 6.18. The molecule has 2 aromatic carbocycles. The summed E-state index contributed by atoms with van der Waals surface area (Å²) in [5.74, 6) is 2.40. The minimum absolute atomic E-state index is 0.0673. The van der Waals surface area contributed by atoms with E-state index in [-0.39, 0.29) is 24.7 Å². The highest BCUT2D eigenvalue weighted by Crippen LogP contribution is 2.34. The molecule has 0 saturated carbocycles. The van der Waals surface area contributed by atoms with Gasteiger partial charge in [0.1, 0.15) is 11.8 Å². The molecule has 9 heteroatoms. The third kappa shape index (κ3) is 4.29. The van der Waals surface area contributed by atoms with Crippen LogP contribution in [-0.4, -0.2) is 43.7 Å². The Morgan fingerprint density at radius 1 is 1.24 bits per heavy atom. The second kappa shape index (κ2) is 8.43. The number of fused-ring (bicyclic) bond motifs is 1. The number of sulfonamides is 1. The number of hydrogen-bond acceptors (Lipinski definition) is 6. The summed E-state index contributed by atoms with van der Waals surface area (Å²) < 4.78 is 43.1. The Morgan fingerprint density at radius 2 is 1.93 bits per heavy atom. The van der Waals surface area contributed by atoms with Crippen molar-refractivity contribution in [1.29, 1.82) is 0 Å². The van der Waals surface area contributed by atoms with Crippen LogP contribution in [0.4, 0.5) is 0 Å². The Bertz CT molecular complexity index is 1040. The fourth-order valence-electron chi connectivity index (χ4n) is 2.89. The van der Waals surface area contributed by atoms with E-state index in [1.165, 1.54) is 31.4 Å². The number of methoxy groups -OCH3 is 1. The molecule has 0 spiro atoms. The van der Waals surface area contributed by atoms with Crippen molar-refractivity contribution < 1.29 is 32.5 Å². The van der Waals surface area contributed by atoms with E-state index in [9.17, 15) is 18.3 Å². The fraction of sp³-hybridized carbons (Fsp3) is 0.250. The van der Waals surface area contributed by atoms with Crippen LogP contribution in [0.15, 0.2) is 47.4 Å². The predicted molar refractivity (Wildman–Crippen MR) is 103 cm³/mol. The van der Waals surface area contributed by atoms with Crippen LogP contribution in [0.3, 0.4) is 0 Å².